The smallest absolute Gasteiger partial charge is 0.0712 e. The van der Waals surface area contributed by atoms with Crippen molar-refractivity contribution in [1.82, 2.24) is 15.2 Å². The molecule has 2 aromatic rings. The number of aryl methyl sites for hydroxylation is 3. The minimum atomic E-state index is 0.0352. The zero-order valence-electron chi connectivity index (χ0n) is 12.2. The third-order valence-electron chi connectivity index (χ3n) is 3.39. The van der Waals surface area contributed by atoms with Crippen molar-refractivity contribution in [2.75, 3.05) is 0 Å². The van der Waals surface area contributed by atoms with Gasteiger partial charge in [-0.1, -0.05) is 29.3 Å². The number of rotatable bonds is 5. The normalized spacial score (nSPS) is 12.7. The number of aromatic nitrogens is 2. The van der Waals surface area contributed by atoms with Crippen LogP contribution in [0.5, 0.6) is 0 Å². The van der Waals surface area contributed by atoms with Gasteiger partial charge in [0.25, 0.3) is 0 Å². The van der Waals surface area contributed by atoms with Crippen LogP contribution in [0.15, 0.2) is 28.9 Å². The fraction of sp³-hybridized carbons (Fsp3) is 0.400. The Kier molecular flexibility index (Phi) is 4.96. The Morgan fingerprint density at radius 3 is 2.50 bits per heavy atom. The summed E-state index contributed by atoms with van der Waals surface area (Å²) < 4.78 is 2.96. The molecule has 1 aromatic heterocycles. The van der Waals surface area contributed by atoms with Gasteiger partial charge >= 0.3 is 0 Å². The molecule has 0 amide bonds. The summed E-state index contributed by atoms with van der Waals surface area (Å²) in [6.07, 6.45) is 2.66. The minimum Gasteiger partial charge on any atom is -0.271 e. The van der Waals surface area contributed by atoms with Crippen LogP contribution in [0, 0.1) is 13.8 Å². The van der Waals surface area contributed by atoms with E-state index in [0.717, 1.165) is 23.1 Å². The van der Waals surface area contributed by atoms with Crippen molar-refractivity contribution in [3.63, 3.8) is 0 Å². The van der Waals surface area contributed by atoms with Gasteiger partial charge in [0, 0.05) is 6.54 Å². The molecule has 3 N–H and O–H groups in total. The first-order valence-corrected chi connectivity index (χ1v) is 7.59. The van der Waals surface area contributed by atoms with E-state index in [4.69, 9.17) is 5.84 Å². The lowest BCUT2D eigenvalue weighted by atomic mass is 10.00. The summed E-state index contributed by atoms with van der Waals surface area (Å²) in [5.41, 5.74) is 7.84. The van der Waals surface area contributed by atoms with Crippen LogP contribution < -0.4 is 11.3 Å². The lowest BCUT2D eigenvalue weighted by Gasteiger charge is -2.18. The van der Waals surface area contributed by atoms with Gasteiger partial charge in [0.2, 0.25) is 0 Å². The van der Waals surface area contributed by atoms with E-state index in [1.807, 2.05) is 10.9 Å². The number of nitrogens with zero attached hydrogens (tertiary/aromatic N) is 2. The third-order valence-corrected chi connectivity index (χ3v) is 4.00. The number of benzene rings is 1. The molecule has 1 atom stereocenters. The first kappa shape index (κ1) is 15.2. The predicted molar refractivity (Wildman–Crippen MR) is 85.3 cm³/mol. The van der Waals surface area contributed by atoms with Crippen molar-refractivity contribution >= 4 is 15.9 Å². The van der Waals surface area contributed by atoms with Gasteiger partial charge in [-0.25, -0.2) is 0 Å². The van der Waals surface area contributed by atoms with E-state index in [9.17, 15) is 0 Å². The minimum absolute atomic E-state index is 0.0352. The van der Waals surface area contributed by atoms with Crippen LogP contribution in [0.25, 0.3) is 0 Å². The van der Waals surface area contributed by atoms with Crippen LogP contribution in [0.2, 0.25) is 0 Å². The van der Waals surface area contributed by atoms with Gasteiger partial charge < -0.3 is 0 Å². The molecule has 0 bridgehead atoms. The Balaban J connectivity index is 2.31. The van der Waals surface area contributed by atoms with E-state index in [-0.39, 0.29) is 6.04 Å². The predicted octanol–water partition coefficient (Wildman–Crippen LogP) is 3.03. The lowest BCUT2D eigenvalue weighted by molar-refractivity contribution is 0.489. The largest absolute Gasteiger partial charge is 0.271 e. The van der Waals surface area contributed by atoms with E-state index < -0.39 is 0 Å². The average Bonchev–Trinajstić information content (AvgIpc) is 2.76. The number of hydrogen-bond acceptors (Lipinski definition) is 3. The van der Waals surface area contributed by atoms with Crippen molar-refractivity contribution in [2.45, 2.75) is 39.8 Å². The van der Waals surface area contributed by atoms with Crippen molar-refractivity contribution in [3.05, 3.63) is 51.3 Å². The molecule has 5 heteroatoms. The molecule has 4 nitrogen and oxygen atoms in total. The molecule has 0 saturated heterocycles. The summed E-state index contributed by atoms with van der Waals surface area (Å²) >= 11 is 3.56. The summed E-state index contributed by atoms with van der Waals surface area (Å²) in [5.74, 6) is 5.77. The van der Waals surface area contributed by atoms with Crippen LogP contribution in [-0.2, 0) is 13.0 Å². The molecule has 1 aromatic carbocycles. The van der Waals surface area contributed by atoms with Gasteiger partial charge in [-0.15, -0.1) is 0 Å². The molecule has 0 aliphatic rings. The highest BCUT2D eigenvalue weighted by molar-refractivity contribution is 9.10. The van der Waals surface area contributed by atoms with Crippen LogP contribution in [0.1, 0.15) is 35.3 Å². The second kappa shape index (κ2) is 6.52. The molecule has 0 saturated carbocycles. The third kappa shape index (κ3) is 3.29. The van der Waals surface area contributed by atoms with Crippen molar-refractivity contribution < 1.29 is 0 Å². The van der Waals surface area contributed by atoms with E-state index in [0.29, 0.717) is 0 Å². The molecule has 1 heterocycles. The molecular formula is C15H21BrN4. The molecule has 20 heavy (non-hydrogen) atoms. The SMILES string of the molecule is CCn1ncc(Br)c1C(Cc1cc(C)cc(C)c1)NN. The molecule has 0 spiro atoms. The first-order valence-electron chi connectivity index (χ1n) is 6.79. The quantitative estimate of drug-likeness (QED) is 0.651. The maximum atomic E-state index is 5.77. The van der Waals surface area contributed by atoms with Crippen LogP contribution >= 0.6 is 15.9 Å². The molecule has 0 aliphatic carbocycles. The highest BCUT2D eigenvalue weighted by Gasteiger charge is 2.19. The highest BCUT2D eigenvalue weighted by atomic mass is 79.9. The summed E-state index contributed by atoms with van der Waals surface area (Å²) in [6, 6.07) is 6.63. The van der Waals surface area contributed by atoms with Gasteiger partial charge in [-0.05, 0) is 48.7 Å². The van der Waals surface area contributed by atoms with Crippen molar-refractivity contribution in [1.29, 1.82) is 0 Å². The van der Waals surface area contributed by atoms with E-state index in [1.165, 1.54) is 16.7 Å². The Bertz CT molecular complexity index is 571. The summed E-state index contributed by atoms with van der Waals surface area (Å²) in [6.45, 7) is 7.14. The monoisotopic (exact) mass is 336 g/mol. The Hall–Kier alpha value is -1.17. The number of nitrogens with one attached hydrogen (secondary N) is 1. The maximum Gasteiger partial charge on any atom is 0.0712 e. The van der Waals surface area contributed by atoms with E-state index in [1.54, 1.807) is 0 Å². The van der Waals surface area contributed by atoms with Crippen molar-refractivity contribution in [2.24, 2.45) is 5.84 Å². The van der Waals surface area contributed by atoms with Crippen LogP contribution in [0.4, 0.5) is 0 Å². The standard InChI is InChI=1S/C15H21BrN4/c1-4-20-15(13(16)9-18-20)14(19-17)8-12-6-10(2)5-11(3)7-12/h5-7,9,14,19H,4,8,17H2,1-3H3. The Morgan fingerprint density at radius 2 is 1.95 bits per heavy atom. The molecule has 1 unspecified atom stereocenters. The summed E-state index contributed by atoms with van der Waals surface area (Å²) in [4.78, 5) is 0. The molecule has 0 aliphatic heterocycles. The molecule has 2 rings (SSSR count). The number of hydrogen-bond donors (Lipinski definition) is 2. The van der Waals surface area contributed by atoms with Gasteiger partial charge in [0.05, 0.1) is 22.4 Å². The van der Waals surface area contributed by atoms with Gasteiger partial charge in [-0.2, -0.15) is 5.10 Å². The number of halogens is 1. The van der Waals surface area contributed by atoms with Gasteiger partial charge in [0.1, 0.15) is 0 Å². The highest BCUT2D eigenvalue weighted by Crippen LogP contribution is 2.26. The van der Waals surface area contributed by atoms with Crippen LogP contribution in [0.3, 0.4) is 0 Å². The fourth-order valence-corrected chi connectivity index (χ4v) is 3.20. The zero-order valence-corrected chi connectivity index (χ0v) is 13.7. The summed E-state index contributed by atoms with van der Waals surface area (Å²) in [5, 5.41) is 4.35. The lowest BCUT2D eigenvalue weighted by Crippen LogP contribution is -2.31. The fourth-order valence-electron chi connectivity index (χ4n) is 2.63. The van der Waals surface area contributed by atoms with Gasteiger partial charge in [-0.3, -0.25) is 16.0 Å². The Labute approximate surface area is 128 Å². The van der Waals surface area contributed by atoms with E-state index in [2.05, 4.69) is 65.4 Å². The maximum absolute atomic E-state index is 5.77. The second-order valence-electron chi connectivity index (χ2n) is 5.11. The summed E-state index contributed by atoms with van der Waals surface area (Å²) in [7, 11) is 0. The number of nitrogens with two attached hydrogens (primary N) is 1. The number of hydrazine groups is 1. The molecule has 0 radical (unpaired) electrons. The first-order chi connectivity index (χ1) is 9.55. The average molecular weight is 337 g/mol. The zero-order chi connectivity index (χ0) is 14.7. The molecule has 108 valence electrons. The topological polar surface area (TPSA) is 55.9 Å². The van der Waals surface area contributed by atoms with E-state index >= 15 is 0 Å². The second-order valence-corrected chi connectivity index (χ2v) is 5.97. The van der Waals surface area contributed by atoms with Gasteiger partial charge in [0.15, 0.2) is 0 Å². The molecule has 0 fully saturated rings. The van der Waals surface area contributed by atoms with Crippen molar-refractivity contribution in [3.8, 4) is 0 Å². The van der Waals surface area contributed by atoms with Crippen LogP contribution in [-0.4, -0.2) is 9.78 Å². The molecular weight excluding hydrogens is 316 g/mol. The Morgan fingerprint density at radius 1 is 1.30 bits per heavy atom.